The molecule has 1 aromatic rings. The number of primary amides is 1. The first-order valence-electron chi connectivity index (χ1n) is 6.34. The van der Waals surface area contributed by atoms with Gasteiger partial charge in [-0.15, -0.1) is 0 Å². The van der Waals surface area contributed by atoms with Crippen LogP contribution in [0.4, 0.5) is 10.5 Å². The summed E-state index contributed by atoms with van der Waals surface area (Å²) >= 11 is 0. The Bertz CT molecular complexity index is 461. The predicted molar refractivity (Wildman–Crippen MR) is 75.4 cm³/mol. The first-order valence-corrected chi connectivity index (χ1v) is 6.34. The average Bonchev–Trinajstić information content (AvgIpc) is 2.44. The van der Waals surface area contributed by atoms with Crippen molar-refractivity contribution >= 4 is 17.6 Å². The average molecular weight is 280 g/mol. The van der Waals surface area contributed by atoms with Gasteiger partial charge in [-0.05, 0) is 12.0 Å². The van der Waals surface area contributed by atoms with Gasteiger partial charge in [-0.25, -0.2) is 9.78 Å². The van der Waals surface area contributed by atoms with Crippen molar-refractivity contribution in [2.75, 3.05) is 12.4 Å². The number of nitrogens with one attached hydrogen (secondary N) is 2. The van der Waals surface area contributed by atoms with Gasteiger partial charge in [0, 0.05) is 6.07 Å². The van der Waals surface area contributed by atoms with Crippen molar-refractivity contribution < 1.29 is 14.3 Å². The number of aromatic nitrogens is 1. The number of urea groups is 1. The number of nitrogens with two attached hydrogens (primary N) is 1. The van der Waals surface area contributed by atoms with E-state index >= 15 is 0 Å². The molecule has 0 aromatic carbocycles. The zero-order valence-electron chi connectivity index (χ0n) is 11.8. The molecule has 0 saturated heterocycles. The molecule has 20 heavy (non-hydrogen) atoms. The quantitative estimate of drug-likeness (QED) is 0.725. The highest BCUT2D eigenvalue weighted by molar-refractivity contribution is 5.96. The summed E-state index contributed by atoms with van der Waals surface area (Å²) in [5.41, 5.74) is 5.62. The molecule has 1 heterocycles. The molecule has 0 aliphatic heterocycles. The van der Waals surface area contributed by atoms with Crippen molar-refractivity contribution in [3.05, 3.63) is 18.3 Å². The van der Waals surface area contributed by atoms with Gasteiger partial charge in [0.1, 0.15) is 6.04 Å². The third-order valence-corrected chi connectivity index (χ3v) is 3.01. The van der Waals surface area contributed by atoms with Gasteiger partial charge in [0.2, 0.25) is 11.8 Å². The van der Waals surface area contributed by atoms with Crippen LogP contribution in [-0.2, 0) is 4.79 Å². The molecule has 2 unspecified atom stereocenters. The molecule has 7 heteroatoms. The van der Waals surface area contributed by atoms with Crippen LogP contribution in [0.2, 0.25) is 0 Å². The highest BCUT2D eigenvalue weighted by Gasteiger charge is 2.25. The fourth-order valence-electron chi connectivity index (χ4n) is 1.65. The number of ether oxygens (including phenoxy) is 1. The van der Waals surface area contributed by atoms with Crippen LogP contribution < -0.4 is 21.1 Å². The Balaban J connectivity index is 2.76. The van der Waals surface area contributed by atoms with Crippen molar-refractivity contribution in [3.63, 3.8) is 0 Å². The number of methoxy groups -OCH3 is 1. The Hall–Kier alpha value is -2.31. The summed E-state index contributed by atoms with van der Waals surface area (Å²) in [6, 6.07) is 1.90. The number of amides is 3. The zero-order valence-corrected chi connectivity index (χ0v) is 11.8. The minimum absolute atomic E-state index is 0.0336. The van der Waals surface area contributed by atoms with Gasteiger partial charge in [0.15, 0.2) is 0 Å². The smallest absolute Gasteiger partial charge is 0.312 e. The molecular formula is C13H20N4O3. The first kappa shape index (κ1) is 15.7. The van der Waals surface area contributed by atoms with E-state index in [0.717, 1.165) is 6.42 Å². The summed E-state index contributed by atoms with van der Waals surface area (Å²) in [5, 5.41) is 5.14. The SMILES string of the molecule is CCC(C)C(NC(N)=O)C(=O)Nc1ccc(OC)nc1. The highest BCUT2D eigenvalue weighted by atomic mass is 16.5. The molecule has 0 radical (unpaired) electrons. The number of hydrogen-bond acceptors (Lipinski definition) is 4. The Labute approximate surface area is 117 Å². The van der Waals surface area contributed by atoms with Crippen LogP contribution in [0.5, 0.6) is 5.88 Å². The van der Waals surface area contributed by atoms with Crippen molar-refractivity contribution in [1.82, 2.24) is 10.3 Å². The van der Waals surface area contributed by atoms with E-state index in [2.05, 4.69) is 15.6 Å². The summed E-state index contributed by atoms with van der Waals surface area (Å²) in [5.74, 6) is 0.0931. The monoisotopic (exact) mass is 280 g/mol. The van der Waals surface area contributed by atoms with Gasteiger partial charge < -0.3 is 21.1 Å². The number of carbonyl (C=O) groups excluding carboxylic acids is 2. The summed E-state index contributed by atoms with van der Waals surface area (Å²) in [7, 11) is 1.51. The Morgan fingerprint density at radius 1 is 1.45 bits per heavy atom. The lowest BCUT2D eigenvalue weighted by molar-refractivity contribution is -0.119. The second kappa shape index (κ2) is 7.32. The van der Waals surface area contributed by atoms with E-state index in [1.807, 2.05) is 13.8 Å². The standard InChI is InChI=1S/C13H20N4O3/c1-4-8(2)11(17-13(14)19)12(18)16-9-5-6-10(20-3)15-7-9/h5-8,11H,4H2,1-3H3,(H,16,18)(H3,14,17,19). The summed E-state index contributed by atoms with van der Waals surface area (Å²) in [6.07, 6.45) is 2.22. The Morgan fingerprint density at radius 3 is 2.60 bits per heavy atom. The molecule has 0 spiro atoms. The fraction of sp³-hybridized carbons (Fsp3) is 0.462. The van der Waals surface area contributed by atoms with Crippen molar-refractivity contribution in [2.45, 2.75) is 26.3 Å². The van der Waals surface area contributed by atoms with Gasteiger partial charge in [0.25, 0.3) is 0 Å². The van der Waals surface area contributed by atoms with E-state index < -0.39 is 12.1 Å². The lowest BCUT2D eigenvalue weighted by atomic mass is 9.98. The Kier molecular flexibility index (Phi) is 5.76. The maximum absolute atomic E-state index is 12.2. The first-order chi connectivity index (χ1) is 9.47. The summed E-state index contributed by atoms with van der Waals surface area (Å²) in [6.45, 7) is 3.80. The van der Waals surface area contributed by atoms with Crippen LogP contribution in [0, 0.1) is 5.92 Å². The molecule has 4 N–H and O–H groups in total. The molecule has 0 fully saturated rings. The van der Waals surface area contributed by atoms with E-state index in [0.29, 0.717) is 11.6 Å². The zero-order chi connectivity index (χ0) is 15.1. The Morgan fingerprint density at radius 2 is 2.15 bits per heavy atom. The lowest BCUT2D eigenvalue weighted by Gasteiger charge is -2.22. The van der Waals surface area contributed by atoms with E-state index in [4.69, 9.17) is 10.5 Å². The third-order valence-electron chi connectivity index (χ3n) is 3.01. The number of pyridine rings is 1. The van der Waals surface area contributed by atoms with Crippen LogP contribution in [0.3, 0.4) is 0 Å². The van der Waals surface area contributed by atoms with E-state index in [1.54, 1.807) is 12.1 Å². The van der Waals surface area contributed by atoms with Crippen molar-refractivity contribution in [2.24, 2.45) is 11.7 Å². The van der Waals surface area contributed by atoms with Crippen LogP contribution in [0.25, 0.3) is 0 Å². The lowest BCUT2D eigenvalue weighted by Crippen LogP contribution is -2.49. The minimum Gasteiger partial charge on any atom is -0.481 e. The summed E-state index contributed by atoms with van der Waals surface area (Å²) < 4.78 is 4.93. The second-order valence-corrected chi connectivity index (χ2v) is 4.45. The van der Waals surface area contributed by atoms with Crippen LogP contribution in [0.15, 0.2) is 18.3 Å². The van der Waals surface area contributed by atoms with E-state index in [9.17, 15) is 9.59 Å². The van der Waals surface area contributed by atoms with Crippen molar-refractivity contribution in [1.29, 1.82) is 0 Å². The van der Waals surface area contributed by atoms with Gasteiger partial charge in [-0.1, -0.05) is 20.3 Å². The molecule has 1 rings (SSSR count). The number of carbonyl (C=O) groups is 2. The topological polar surface area (TPSA) is 106 Å². The van der Waals surface area contributed by atoms with Gasteiger partial charge in [0.05, 0.1) is 19.0 Å². The predicted octanol–water partition coefficient (Wildman–Crippen LogP) is 1.11. The normalized spacial score (nSPS) is 13.2. The molecule has 0 bridgehead atoms. The van der Waals surface area contributed by atoms with Crippen LogP contribution >= 0.6 is 0 Å². The van der Waals surface area contributed by atoms with Gasteiger partial charge in [-0.2, -0.15) is 0 Å². The third kappa shape index (κ3) is 4.42. The number of rotatable bonds is 6. The number of anilines is 1. The number of hydrogen-bond donors (Lipinski definition) is 3. The fourth-order valence-corrected chi connectivity index (χ4v) is 1.65. The highest BCUT2D eigenvalue weighted by Crippen LogP contribution is 2.14. The molecule has 7 nitrogen and oxygen atoms in total. The maximum Gasteiger partial charge on any atom is 0.312 e. The largest absolute Gasteiger partial charge is 0.481 e. The second-order valence-electron chi connectivity index (χ2n) is 4.45. The van der Waals surface area contributed by atoms with Gasteiger partial charge in [-0.3, -0.25) is 4.79 Å². The molecule has 3 amide bonds. The molecular weight excluding hydrogens is 260 g/mol. The molecule has 0 aliphatic rings. The molecule has 1 aromatic heterocycles. The van der Waals surface area contributed by atoms with E-state index in [-0.39, 0.29) is 11.8 Å². The minimum atomic E-state index is -0.724. The maximum atomic E-state index is 12.2. The number of nitrogens with zero attached hydrogens (tertiary/aromatic N) is 1. The molecule has 0 aliphatic carbocycles. The van der Waals surface area contributed by atoms with E-state index in [1.165, 1.54) is 13.3 Å². The molecule has 2 atom stereocenters. The van der Waals surface area contributed by atoms with Crippen LogP contribution in [0.1, 0.15) is 20.3 Å². The van der Waals surface area contributed by atoms with Crippen LogP contribution in [-0.4, -0.2) is 30.1 Å². The molecule has 110 valence electrons. The van der Waals surface area contributed by atoms with Gasteiger partial charge >= 0.3 is 6.03 Å². The van der Waals surface area contributed by atoms with Crippen molar-refractivity contribution in [3.8, 4) is 5.88 Å². The summed E-state index contributed by atoms with van der Waals surface area (Å²) in [4.78, 5) is 27.1. The molecule has 0 saturated carbocycles.